The highest BCUT2D eigenvalue weighted by atomic mass is 35.5. The Hall–Kier alpha value is -0.983. The smallest absolute Gasteiger partial charge is 0.254 e. The standard InChI is InChI=1S/C15H24ClFN2O2Si/c1-10(9-21-22(5,6)15(2,3)4)19-14(20)12-7-11(17)8-18-13(12)16/h7-8,10H,9H2,1-6H3,(H,19,20)/t10-/m0/s1. The molecule has 1 N–H and O–H groups in total. The molecule has 0 aromatic carbocycles. The number of nitrogens with zero attached hydrogens (tertiary/aromatic N) is 1. The minimum Gasteiger partial charge on any atom is -0.415 e. The Morgan fingerprint density at radius 2 is 2.09 bits per heavy atom. The number of nitrogens with one attached hydrogen (secondary N) is 1. The van der Waals surface area contributed by atoms with Crippen LogP contribution in [0, 0.1) is 5.82 Å². The van der Waals surface area contributed by atoms with Gasteiger partial charge in [0.15, 0.2) is 8.32 Å². The van der Waals surface area contributed by atoms with Crippen LogP contribution in [0.2, 0.25) is 23.3 Å². The van der Waals surface area contributed by atoms with Gasteiger partial charge in [0.2, 0.25) is 0 Å². The van der Waals surface area contributed by atoms with E-state index in [1.807, 2.05) is 6.92 Å². The van der Waals surface area contributed by atoms with Gasteiger partial charge in [0.1, 0.15) is 11.0 Å². The number of hydrogen-bond donors (Lipinski definition) is 1. The molecule has 0 saturated carbocycles. The van der Waals surface area contributed by atoms with Crippen molar-refractivity contribution in [3.63, 3.8) is 0 Å². The Kier molecular flexibility index (Phi) is 6.12. The van der Waals surface area contributed by atoms with Crippen molar-refractivity contribution in [1.29, 1.82) is 0 Å². The molecule has 1 atom stereocenters. The first kappa shape index (κ1) is 19.1. The summed E-state index contributed by atoms with van der Waals surface area (Å²) < 4.78 is 19.2. The van der Waals surface area contributed by atoms with Crippen LogP contribution in [0.3, 0.4) is 0 Å². The van der Waals surface area contributed by atoms with Crippen molar-refractivity contribution in [3.05, 3.63) is 28.8 Å². The first-order valence-corrected chi connectivity index (χ1v) is 10.5. The second-order valence-electron chi connectivity index (χ2n) is 6.94. The molecule has 1 heterocycles. The Morgan fingerprint density at radius 1 is 1.50 bits per heavy atom. The Morgan fingerprint density at radius 3 is 2.64 bits per heavy atom. The fourth-order valence-corrected chi connectivity index (χ4v) is 2.76. The van der Waals surface area contributed by atoms with E-state index in [4.69, 9.17) is 16.0 Å². The van der Waals surface area contributed by atoms with Crippen LogP contribution < -0.4 is 5.32 Å². The number of halogens is 2. The summed E-state index contributed by atoms with van der Waals surface area (Å²) in [5, 5.41) is 2.84. The summed E-state index contributed by atoms with van der Waals surface area (Å²) >= 11 is 5.82. The molecule has 1 rings (SSSR count). The molecular formula is C15H24ClFN2O2Si. The highest BCUT2D eigenvalue weighted by molar-refractivity contribution is 6.74. The second-order valence-corrected chi connectivity index (χ2v) is 12.1. The van der Waals surface area contributed by atoms with Crippen LogP contribution >= 0.6 is 11.6 Å². The summed E-state index contributed by atoms with van der Waals surface area (Å²) in [5.74, 6) is -1.05. The minimum absolute atomic E-state index is 0.0172. The molecule has 0 fully saturated rings. The van der Waals surface area contributed by atoms with Crippen molar-refractivity contribution in [1.82, 2.24) is 10.3 Å². The first-order chi connectivity index (χ1) is 9.94. The highest BCUT2D eigenvalue weighted by Gasteiger charge is 2.37. The third kappa shape index (κ3) is 5.03. The van der Waals surface area contributed by atoms with Gasteiger partial charge in [-0.25, -0.2) is 9.37 Å². The summed E-state index contributed by atoms with van der Waals surface area (Å²) in [6.45, 7) is 13.0. The lowest BCUT2D eigenvalue weighted by atomic mass is 10.2. The van der Waals surface area contributed by atoms with Gasteiger partial charge in [0.05, 0.1) is 18.4 Å². The largest absolute Gasteiger partial charge is 0.415 e. The van der Waals surface area contributed by atoms with E-state index in [2.05, 4.69) is 44.2 Å². The maximum atomic E-state index is 13.2. The van der Waals surface area contributed by atoms with Crippen molar-refractivity contribution >= 4 is 25.8 Å². The van der Waals surface area contributed by atoms with Crippen molar-refractivity contribution in [3.8, 4) is 0 Å². The molecule has 124 valence electrons. The molecule has 0 spiro atoms. The van der Waals surface area contributed by atoms with E-state index < -0.39 is 20.0 Å². The molecular weight excluding hydrogens is 323 g/mol. The molecule has 0 radical (unpaired) electrons. The Labute approximate surface area is 137 Å². The third-order valence-corrected chi connectivity index (χ3v) is 8.73. The summed E-state index contributed by atoms with van der Waals surface area (Å²) in [7, 11) is -1.87. The Bertz CT molecular complexity index is 547. The van der Waals surface area contributed by atoms with Gasteiger partial charge < -0.3 is 9.74 Å². The Balaban J connectivity index is 2.64. The fraction of sp³-hybridized carbons (Fsp3) is 0.600. The van der Waals surface area contributed by atoms with Crippen LogP contribution in [0.4, 0.5) is 4.39 Å². The van der Waals surface area contributed by atoms with E-state index in [0.29, 0.717) is 6.61 Å². The fourth-order valence-electron chi connectivity index (χ4n) is 1.47. The van der Waals surface area contributed by atoms with Crippen LogP contribution in [0.15, 0.2) is 12.3 Å². The monoisotopic (exact) mass is 346 g/mol. The zero-order chi connectivity index (χ0) is 17.1. The van der Waals surface area contributed by atoms with Gasteiger partial charge in [-0.1, -0.05) is 32.4 Å². The van der Waals surface area contributed by atoms with Crippen molar-refractivity contribution in [2.24, 2.45) is 0 Å². The number of hydrogen-bond acceptors (Lipinski definition) is 3. The average Bonchev–Trinajstić information content (AvgIpc) is 2.38. The average molecular weight is 347 g/mol. The summed E-state index contributed by atoms with van der Waals surface area (Å²) in [6, 6.07) is 0.868. The van der Waals surface area contributed by atoms with Gasteiger partial charge in [-0.2, -0.15) is 0 Å². The van der Waals surface area contributed by atoms with E-state index >= 15 is 0 Å². The molecule has 4 nitrogen and oxygen atoms in total. The number of rotatable bonds is 5. The lowest BCUT2D eigenvalue weighted by Crippen LogP contribution is -2.45. The SMILES string of the molecule is C[C@@H](CO[Si](C)(C)C(C)(C)C)NC(=O)c1cc(F)cnc1Cl. The number of amides is 1. The molecule has 0 aliphatic heterocycles. The molecule has 1 aromatic heterocycles. The molecule has 7 heteroatoms. The molecule has 0 saturated heterocycles. The van der Waals surface area contributed by atoms with E-state index in [-0.39, 0.29) is 21.8 Å². The van der Waals surface area contributed by atoms with Crippen molar-refractivity contribution < 1.29 is 13.6 Å². The lowest BCUT2D eigenvalue weighted by molar-refractivity contribution is 0.0923. The van der Waals surface area contributed by atoms with Crippen LogP contribution in [-0.4, -0.2) is 31.9 Å². The molecule has 0 aliphatic carbocycles. The van der Waals surface area contributed by atoms with Gasteiger partial charge in [0, 0.05) is 6.04 Å². The van der Waals surface area contributed by atoms with Crippen LogP contribution in [0.5, 0.6) is 0 Å². The molecule has 22 heavy (non-hydrogen) atoms. The predicted molar refractivity (Wildman–Crippen MR) is 89.3 cm³/mol. The molecule has 1 aromatic rings. The van der Waals surface area contributed by atoms with Gasteiger partial charge in [0.25, 0.3) is 5.91 Å². The van der Waals surface area contributed by atoms with E-state index in [0.717, 1.165) is 12.3 Å². The number of pyridine rings is 1. The topological polar surface area (TPSA) is 51.2 Å². The van der Waals surface area contributed by atoms with Crippen LogP contribution in [0.1, 0.15) is 38.1 Å². The van der Waals surface area contributed by atoms with Crippen LogP contribution in [0.25, 0.3) is 0 Å². The van der Waals surface area contributed by atoms with Crippen molar-refractivity contribution in [2.75, 3.05) is 6.61 Å². The molecule has 0 bridgehead atoms. The minimum atomic E-state index is -1.87. The van der Waals surface area contributed by atoms with Gasteiger partial charge >= 0.3 is 0 Å². The third-order valence-electron chi connectivity index (χ3n) is 3.93. The van der Waals surface area contributed by atoms with Gasteiger partial charge in [-0.05, 0) is 31.1 Å². The van der Waals surface area contributed by atoms with E-state index in [1.54, 1.807) is 0 Å². The summed E-state index contributed by atoms with van der Waals surface area (Å²) in [5.41, 5.74) is 0.0286. The summed E-state index contributed by atoms with van der Waals surface area (Å²) in [6.07, 6.45) is 0.975. The lowest BCUT2D eigenvalue weighted by Gasteiger charge is -2.37. The number of carbonyl (C=O) groups excluding carboxylic acids is 1. The zero-order valence-electron chi connectivity index (χ0n) is 14.0. The maximum Gasteiger partial charge on any atom is 0.254 e. The molecule has 0 unspecified atom stereocenters. The molecule has 0 aliphatic rings. The number of carbonyl (C=O) groups is 1. The zero-order valence-corrected chi connectivity index (χ0v) is 15.7. The second kappa shape index (κ2) is 7.06. The quantitative estimate of drug-likeness (QED) is 0.647. The maximum absolute atomic E-state index is 13.2. The molecule has 1 amide bonds. The van der Waals surface area contributed by atoms with Crippen molar-refractivity contribution in [2.45, 2.75) is 51.9 Å². The highest BCUT2D eigenvalue weighted by Crippen LogP contribution is 2.36. The van der Waals surface area contributed by atoms with Crippen LogP contribution in [-0.2, 0) is 4.43 Å². The summed E-state index contributed by atoms with van der Waals surface area (Å²) in [4.78, 5) is 15.7. The van der Waals surface area contributed by atoms with E-state index in [9.17, 15) is 9.18 Å². The number of aromatic nitrogens is 1. The van der Waals surface area contributed by atoms with Gasteiger partial charge in [-0.3, -0.25) is 4.79 Å². The normalized spacial score (nSPS) is 13.8. The predicted octanol–water partition coefficient (Wildman–Crippen LogP) is 4.01. The van der Waals surface area contributed by atoms with Gasteiger partial charge in [-0.15, -0.1) is 0 Å². The van der Waals surface area contributed by atoms with E-state index in [1.165, 1.54) is 0 Å². The first-order valence-electron chi connectivity index (χ1n) is 7.20.